The fraction of sp³-hybridized carbons (Fsp3) is 0.368. The van der Waals surface area contributed by atoms with E-state index < -0.39 is 27.7 Å². The Kier molecular flexibility index (Phi) is 6.04. The zero-order chi connectivity index (χ0) is 22.1. The van der Waals surface area contributed by atoms with Gasteiger partial charge in [0.05, 0.1) is 10.5 Å². The molecular formula is C19H21F3N4O3S. The van der Waals surface area contributed by atoms with Crippen molar-refractivity contribution in [3.8, 4) is 0 Å². The lowest BCUT2D eigenvalue weighted by Gasteiger charge is -2.23. The smallest absolute Gasteiger partial charge is 0.366 e. The fourth-order valence-electron chi connectivity index (χ4n) is 3.28. The van der Waals surface area contributed by atoms with Crippen LogP contribution in [0.3, 0.4) is 0 Å². The fourth-order valence-corrected chi connectivity index (χ4v) is 4.78. The van der Waals surface area contributed by atoms with Crippen LogP contribution in [0.15, 0.2) is 41.4 Å². The molecule has 0 atom stereocenters. The summed E-state index contributed by atoms with van der Waals surface area (Å²) < 4.78 is 65.5. The molecule has 2 heterocycles. The zero-order valence-corrected chi connectivity index (χ0v) is 17.0. The molecule has 0 aliphatic carbocycles. The Morgan fingerprint density at radius 2 is 1.83 bits per heavy atom. The van der Waals surface area contributed by atoms with E-state index in [1.807, 2.05) is 0 Å². The molecule has 11 heteroatoms. The van der Waals surface area contributed by atoms with Crippen molar-refractivity contribution < 1.29 is 26.4 Å². The molecule has 0 saturated carbocycles. The Morgan fingerprint density at radius 3 is 2.43 bits per heavy atom. The first-order valence-electron chi connectivity index (χ1n) is 9.19. The summed E-state index contributed by atoms with van der Waals surface area (Å²) in [6.07, 6.45) is -3.23. The summed E-state index contributed by atoms with van der Waals surface area (Å²) in [7, 11) is -3.86. The number of hydrogen-bond acceptors (Lipinski definition) is 5. The highest BCUT2D eigenvalue weighted by Crippen LogP contribution is 2.29. The SMILES string of the molecule is Cc1ccc(S(=O)(=O)N2CCCN(c3ccc(C(F)(F)F)cn3)CC2)cc1C(N)=O. The summed E-state index contributed by atoms with van der Waals surface area (Å²) in [6, 6.07) is 6.47. The van der Waals surface area contributed by atoms with Crippen molar-refractivity contribution in [2.75, 3.05) is 31.1 Å². The second-order valence-electron chi connectivity index (χ2n) is 6.99. The summed E-state index contributed by atoms with van der Waals surface area (Å²) in [4.78, 5) is 17.2. The van der Waals surface area contributed by atoms with Crippen molar-refractivity contribution in [2.24, 2.45) is 5.73 Å². The molecule has 2 N–H and O–H groups in total. The van der Waals surface area contributed by atoms with Gasteiger partial charge >= 0.3 is 6.18 Å². The second kappa shape index (κ2) is 8.23. The number of halogens is 3. The van der Waals surface area contributed by atoms with Crippen LogP contribution in [0.4, 0.5) is 19.0 Å². The van der Waals surface area contributed by atoms with Gasteiger partial charge in [-0.25, -0.2) is 13.4 Å². The van der Waals surface area contributed by atoms with Crippen LogP contribution in [0.2, 0.25) is 0 Å². The molecule has 1 amide bonds. The number of anilines is 1. The van der Waals surface area contributed by atoms with E-state index >= 15 is 0 Å². The predicted molar refractivity (Wildman–Crippen MR) is 105 cm³/mol. The quantitative estimate of drug-likeness (QED) is 0.785. The zero-order valence-electron chi connectivity index (χ0n) is 16.2. The van der Waals surface area contributed by atoms with Crippen LogP contribution in [0, 0.1) is 6.92 Å². The minimum Gasteiger partial charge on any atom is -0.366 e. The molecule has 30 heavy (non-hydrogen) atoms. The summed E-state index contributed by atoms with van der Waals surface area (Å²) in [5.74, 6) is -0.353. The summed E-state index contributed by atoms with van der Waals surface area (Å²) in [5.41, 5.74) is 5.20. The van der Waals surface area contributed by atoms with Gasteiger partial charge in [0.1, 0.15) is 5.82 Å². The van der Waals surface area contributed by atoms with Gasteiger partial charge in [-0.15, -0.1) is 0 Å². The maximum Gasteiger partial charge on any atom is 0.417 e. The van der Waals surface area contributed by atoms with Crippen LogP contribution in [0.5, 0.6) is 0 Å². The predicted octanol–water partition coefficient (Wildman–Crippen LogP) is 2.41. The number of rotatable bonds is 4. The summed E-state index contributed by atoms with van der Waals surface area (Å²) in [6.45, 7) is 2.75. The lowest BCUT2D eigenvalue weighted by molar-refractivity contribution is -0.137. The molecule has 1 aromatic carbocycles. The lowest BCUT2D eigenvalue weighted by atomic mass is 10.1. The number of pyridine rings is 1. The van der Waals surface area contributed by atoms with Gasteiger partial charge in [0, 0.05) is 37.9 Å². The van der Waals surface area contributed by atoms with Crippen LogP contribution in [-0.2, 0) is 16.2 Å². The summed E-state index contributed by atoms with van der Waals surface area (Å²) >= 11 is 0. The molecule has 7 nitrogen and oxygen atoms in total. The lowest BCUT2D eigenvalue weighted by Crippen LogP contribution is -2.35. The number of primary amides is 1. The van der Waals surface area contributed by atoms with E-state index in [-0.39, 0.29) is 30.1 Å². The Balaban J connectivity index is 1.77. The topological polar surface area (TPSA) is 96.6 Å². The Morgan fingerprint density at radius 1 is 1.10 bits per heavy atom. The van der Waals surface area contributed by atoms with Gasteiger partial charge in [-0.05, 0) is 43.2 Å². The number of nitrogens with two attached hydrogens (primary N) is 1. The molecule has 2 aromatic rings. The first-order valence-corrected chi connectivity index (χ1v) is 10.6. The molecule has 1 aliphatic rings. The third-order valence-electron chi connectivity index (χ3n) is 4.97. The van der Waals surface area contributed by atoms with Gasteiger partial charge in [0.15, 0.2) is 0 Å². The standard InChI is InChI=1S/C19H21F3N4O3S/c1-13-3-5-15(11-16(13)18(23)27)30(28,29)26-8-2-7-25(9-10-26)17-6-4-14(12-24-17)19(20,21)22/h3-6,11-12H,2,7-10H2,1H3,(H2,23,27). The highest BCUT2D eigenvalue weighted by atomic mass is 32.2. The van der Waals surface area contributed by atoms with E-state index in [1.54, 1.807) is 11.8 Å². The third-order valence-corrected chi connectivity index (χ3v) is 6.86. The normalized spacial score (nSPS) is 16.3. The van der Waals surface area contributed by atoms with Crippen molar-refractivity contribution in [1.29, 1.82) is 0 Å². The Labute approximate surface area is 172 Å². The minimum atomic E-state index is -4.47. The molecule has 1 saturated heterocycles. The number of amides is 1. The highest BCUT2D eigenvalue weighted by Gasteiger charge is 2.31. The van der Waals surface area contributed by atoms with E-state index in [0.717, 1.165) is 12.3 Å². The number of carbonyl (C=O) groups is 1. The van der Waals surface area contributed by atoms with Crippen LogP contribution in [-0.4, -0.2) is 49.8 Å². The second-order valence-corrected chi connectivity index (χ2v) is 8.93. The number of aryl methyl sites for hydroxylation is 1. The van der Waals surface area contributed by atoms with E-state index in [4.69, 9.17) is 5.73 Å². The first-order chi connectivity index (χ1) is 14.0. The number of alkyl halides is 3. The largest absolute Gasteiger partial charge is 0.417 e. The average Bonchev–Trinajstić information content (AvgIpc) is 2.94. The van der Waals surface area contributed by atoms with Crippen molar-refractivity contribution in [3.05, 3.63) is 53.2 Å². The van der Waals surface area contributed by atoms with Gasteiger partial charge in [-0.3, -0.25) is 4.79 Å². The molecule has 0 spiro atoms. The highest BCUT2D eigenvalue weighted by molar-refractivity contribution is 7.89. The van der Waals surface area contributed by atoms with E-state index in [2.05, 4.69) is 4.98 Å². The van der Waals surface area contributed by atoms with Crippen LogP contribution < -0.4 is 10.6 Å². The number of benzene rings is 1. The van der Waals surface area contributed by atoms with Gasteiger partial charge in [0.25, 0.3) is 0 Å². The van der Waals surface area contributed by atoms with Crippen molar-refractivity contribution in [3.63, 3.8) is 0 Å². The number of nitrogens with zero attached hydrogens (tertiary/aromatic N) is 3. The molecule has 0 unspecified atom stereocenters. The Hall–Kier alpha value is -2.66. The van der Waals surface area contributed by atoms with Gasteiger partial charge < -0.3 is 10.6 Å². The number of hydrogen-bond donors (Lipinski definition) is 1. The van der Waals surface area contributed by atoms with E-state index in [9.17, 15) is 26.4 Å². The monoisotopic (exact) mass is 442 g/mol. The van der Waals surface area contributed by atoms with Crippen molar-refractivity contribution in [1.82, 2.24) is 9.29 Å². The molecule has 1 aromatic heterocycles. The molecule has 1 fully saturated rings. The minimum absolute atomic E-state index is 0.0250. The molecule has 3 rings (SSSR count). The third kappa shape index (κ3) is 4.57. The van der Waals surface area contributed by atoms with Crippen LogP contribution >= 0.6 is 0 Å². The maximum atomic E-state index is 13.0. The molecule has 1 aliphatic heterocycles. The van der Waals surface area contributed by atoms with Crippen molar-refractivity contribution in [2.45, 2.75) is 24.4 Å². The Bertz CT molecular complexity index is 1040. The van der Waals surface area contributed by atoms with E-state index in [0.29, 0.717) is 24.3 Å². The molecule has 162 valence electrons. The first kappa shape index (κ1) is 22.0. The maximum absolute atomic E-state index is 13.0. The van der Waals surface area contributed by atoms with Gasteiger partial charge in [-0.2, -0.15) is 17.5 Å². The number of sulfonamides is 1. The summed E-state index contributed by atoms with van der Waals surface area (Å²) in [5, 5.41) is 0. The van der Waals surface area contributed by atoms with E-state index in [1.165, 1.54) is 28.6 Å². The van der Waals surface area contributed by atoms with Crippen LogP contribution in [0.25, 0.3) is 0 Å². The number of carbonyl (C=O) groups excluding carboxylic acids is 1. The molecule has 0 bridgehead atoms. The number of aromatic nitrogens is 1. The molecular weight excluding hydrogens is 421 g/mol. The van der Waals surface area contributed by atoms with Gasteiger partial charge in [-0.1, -0.05) is 6.07 Å². The van der Waals surface area contributed by atoms with Crippen LogP contribution in [0.1, 0.15) is 27.9 Å². The van der Waals surface area contributed by atoms with Gasteiger partial charge in [0.2, 0.25) is 15.9 Å². The molecule has 0 radical (unpaired) electrons. The van der Waals surface area contributed by atoms with Crippen molar-refractivity contribution >= 4 is 21.7 Å². The average molecular weight is 442 g/mol.